The lowest BCUT2D eigenvalue weighted by molar-refractivity contribution is -0.145. The first kappa shape index (κ1) is 15.4. The number of carbonyl (C=O) groups is 3. The van der Waals surface area contributed by atoms with Gasteiger partial charge >= 0.3 is 5.97 Å². The first-order valence-corrected chi connectivity index (χ1v) is 5.97. The highest BCUT2D eigenvalue weighted by Crippen LogP contribution is 2.14. The molecular formula is C11H19N3O5. The van der Waals surface area contributed by atoms with E-state index in [-0.39, 0.29) is 25.0 Å². The van der Waals surface area contributed by atoms with Crippen LogP contribution < -0.4 is 16.4 Å². The van der Waals surface area contributed by atoms with Crippen LogP contribution in [0, 0.1) is 0 Å². The van der Waals surface area contributed by atoms with Crippen LogP contribution >= 0.6 is 0 Å². The van der Waals surface area contributed by atoms with Gasteiger partial charge in [0.1, 0.15) is 12.6 Å². The van der Waals surface area contributed by atoms with E-state index >= 15 is 0 Å². The predicted octanol–water partition coefficient (Wildman–Crippen LogP) is -1.80. The fourth-order valence-corrected chi connectivity index (χ4v) is 1.60. The molecule has 19 heavy (non-hydrogen) atoms. The van der Waals surface area contributed by atoms with Gasteiger partial charge in [-0.15, -0.1) is 0 Å². The molecule has 0 aliphatic carbocycles. The van der Waals surface area contributed by atoms with Crippen LogP contribution in [0.25, 0.3) is 0 Å². The van der Waals surface area contributed by atoms with Crippen molar-refractivity contribution in [3.05, 3.63) is 0 Å². The zero-order valence-electron chi connectivity index (χ0n) is 10.8. The highest BCUT2D eigenvalue weighted by Gasteiger charge is 2.33. The lowest BCUT2D eigenvalue weighted by atomic mass is 10.0. The summed E-state index contributed by atoms with van der Waals surface area (Å²) in [5.74, 6) is -2.33. The quantitative estimate of drug-likeness (QED) is 0.413. The molecule has 5 N–H and O–H groups in total. The molecule has 0 spiro atoms. The molecule has 1 heterocycles. The summed E-state index contributed by atoms with van der Waals surface area (Å²) >= 11 is 0. The Labute approximate surface area is 110 Å². The van der Waals surface area contributed by atoms with E-state index in [0.717, 1.165) is 0 Å². The van der Waals surface area contributed by atoms with Crippen LogP contribution in [-0.4, -0.2) is 54.2 Å². The monoisotopic (exact) mass is 273 g/mol. The van der Waals surface area contributed by atoms with E-state index in [1.54, 1.807) is 0 Å². The molecule has 0 bridgehead atoms. The van der Waals surface area contributed by atoms with E-state index in [4.69, 9.17) is 15.6 Å². The van der Waals surface area contributed by atoms with Crippen molar-refractivity contribution >= 4 is 17.8 Å². The van der Waals surface area contributed by atoms with Gasteiger partial charge in [0.05, 0.1) is 5.60 Å². The number of carboxylic acid groups (broad SMARTS) is 1. The Morgan fingerprint density at radius 3 is 2.53 bits per heavy atom. The second-order valence-electron chi connectivity index (χ2n) is 4.81. The van der Waals surface area contributed by atoms with Gasteiger partial charge in [0.15, 0.2) is 0 Å². The highest BCUT2D eigenvalue weighted by atomic mass is 16.5. The van der Waals surface area contributed by atoms with Gasteiger partial charge in [-0.3, -0.25) is 9.59 Å². The summed E-state index contributed by atoms with van der Waals surface area (Å²) in [6.07, 6.45) is -0.130. The number of primary amides is 1. The molecule has 0 unspecified atom stereocenters. The van der Waals surface area contributed by atoms with Gasteiger partial charge in [-0.2, -0.15) is 0 Å². The molecule has 0 aromatic rings. The van der Waals surface area contributed by atoms with Crippen LogP contribution in [0.2, 0.25) is 0 Å². The van der Waals surface area contributed by atoms with Gasteiger partial charge in [-0.05, 0) is 13.3 Å². The van der Waals surface area contributed by atoms with Crippen molar-refractivity contribution in [1.29, 1.82) is 0 Å². The zero-order valence-corrected chi connectivity index (χ0v) is 10.8. The largest absolute Gasteiger partial charge is 0.480 e. The molecule has 1 aliphatic rings. The fourth-order valence-electron chi connectivity index (χ4n) is 1.60. The number of carbonyl (C=O) groups excluding carboxylic acids is 2. The molecule has 0 aromatic heterocycles. The predicted molar refractivity (Wildman–Crippen MR) is 65.2 cm³/mol. The standard InChI is InChI=1S/C11H19N3O5/c1-11(5-13-6-11)19-4-9(16)14-7(10(17)18)2-3-8(12)15/h7,13H,2-6H2,1H3,(H2,12,15)(H,14,16)(H,17,18)/t7-/m1/s1. The topological polar surface area (TPSA) is 131 Å². The second kappa shape index (κ2) is 6.48. The van der Waals surface area contributed by atoms with Gasteiger partial charge in [0.25, 0.3) is 0 Å². The van der Waals surface area contributed by atoms with Crippen molar-refractivity contribution < 1.29 is 24.2 Å². The average molecular weight is 273 g/mol. The van der Waals surface area contributed by atoms with Crippen LogP contribution in [0.15, 0.2) is 0 Å². The fraction of sp³-hybridized carbons (Fsp3) is 0.727. The number of hydrogen-bond acceptors (Lipinski definition) is 5. The van der Waals surface area contributed by atoms with Crippen LogP contribution in [0.3, 0.4) is 0 Å². The van der Waals surface area contributed by atoms with Crippen LogP contribution in [-0.2, 0) is 19.1 Å². The zero-order chi connectivity index (χ0) is 14.5. The molecule has 8 heteroatoms. The molecule has 0 aromatic carbocycles. The lowest BCUT2D eigenvalue weighted by Gasteiger charge is -2.38. The highest BCUT2D eigenvalue weighted by molar-refractivity contribution is 5.84. The maximum atomic E-state index is 11.6. The molecule has 1 saturated heterocycles. The summed E-state index contributed by atoms with van der Waals surface area (Å²) < 4.78 is 5.37. The Bertz CT molecular complexity index is 367. The van der Waals surface area contributed by atoms with E-state index < -0.39 is 23.8 Å². The summed E-state index contributed by atoms with van der Waals surface area (Å²) in [5.41, 5.74) is 4.57. The molecule has 2 amide bonds. The van der Waals surface area contributed by atoms with E-state index in [1.807, 2.05) is 6.92 Å². The van der Waals surface area contributed by atoms with Crippen LogP contribution in [0.5, 0.6) is 0 Å². The number of aliphatic carboxylic acids is 1. The number of hydrogen-bond donors (Lipinski definition) is 4. The van der Waals surface area contributed by atoms with Gasteiger partial charge < -0.3 is 26.2 Å². The first-order valence-electron chi connectivity index (χ1n) is 5.97. The Morgan fingerprint density at radius 1 is 1.47 bits per heavy atom. The molecule has 0 saturated carbocycles. The van der Waals surface area contributed by atoms with Gasteiger partial charge in [0, 0.05) is 19.5 Å². The summed E-state index contributed by atoms with van der Waals surface area (Å²) in [6.45, 7) is 2.96. The molecular weight excluding hydrogens is 254 g/mol. The van der Waals surface area contributed by atoms with E-state index in [1.165, 1.54) is 0 Å². The molecule has 0 radical (unpaired) electrons. The molecule has 1 fully saturated rings. The third-order valence-corrected chi connectivity index (χ3v) is 2.86. The maximum absolute atomic E-state index is 11.6. The van der Waals surface area contributed by atoms with Crippen LogP contribution in [0.1, 0.15) is 19.8 Å². The minimum atomic E-state index is -1.20. The van der Waals surface area contributed by atoms with Gasteiger partial charge in [-0.1, -0.05) is 0 Å². The Morgan fingerprint density at radius 2 is 2.11 bits per heavy atom. The summed E-state index contributed by atoms with van der Waals surface area (Å²) in [7, 11) is 0. The van der Waals surface area contributed by atoms with Crippen molar-refractivity contribution in [3.8, 4) is 0 Å². The first-order chi connectivity index (χ1) is 8.82. The Kier molecular flexibility index (Phi) is 5.25. The average Bonchev–Trinajstić information content (AvgIpc) is 2.28. The van der Waals surface area contributed by atoms with Crippen molar-refractivity contribution in [2.24, 2.45) is 5.73 Å². The minimum Gasteiger partial charge on any atom is -0.480 e. The molecule has 8 nitrogen and oxygen atoms in total. The second-order valence-corrected chi connectivity index (χ2v) is 4.81. The third kappa shape index (κ3) is 5.23. The number of ether oxygens (including phenoxy) is 1. The summed E-state index contributed by atoms with van der Waals surface area (Å²) in [6, 6.07) is -1.13. The smallest absolute Gasteiger partial charge is 0.326 e. The SMILES string of the molecule is CC1(OCC(=O)N[C@H](CCC(N)=O)C(=O)O)CNC1. The maximum Gasteiger partial charge on any atom is 0.326 e. The summed E-state index contributed by atoms with van der Waals surface area (Å²) in [4.78, 5) is 33.1. The normalized spacial score (nSPS) is 18.2. The minimum absolute atomic E-state index is 0.0325. The number of nitrogens with two attached hydrogens (primary N) is 1. The van der Waals surface area contributed by atoms with Crippen molar-refractivity contribution in [2.75, 3.05) is 19.7 Å². The lowest BCUT2D eigenvalue weighted by Crippen LogP contribution is -2.60. The van der Waals surface area contributed by atoms with Crippen molar-refractivity contribution in [2.45, 2.75) is 31.4 Å². The number of amides is 2. The molecule has 108 valence electrons. The summed E-state index contributed by atoms with van der Waals surface area (Å²) in [5, 5.41) is 14.2. The number of nitrogens with one attached hydrogen (secondary N) is 2. The van der Waals surface area contributed by atoms with E-state index in [9.17, 15) is 14.4 Å². The van der Waals surface area contributed by atoms with Crippen molar-refractivity contribution in [3.63, 3.8) is 0 Å². The van der Waals surface area contributed by atoms with Crippen LogP contribution in [0.4, 0.5) is 0 Å². The molecule has 1 rings (SSSR count). The number of rotatable bonds is 8. The third-order valence-electron chi connectivity index (χ3n) is 2.86. The van der Waals surface area contributed by atoms with E-state index in [0.29, 0.717) is 13.1 Å². The van der Waals surface area contributed by atoms with Gasteiger partial charge in [-0.25, -0.2) is 4.79 Å². The Hall–Kier alpha value is -1.67. The Balaban J connectivity index is 2.33. The van der Waals surface area contributed by atoms with E-state index in [2.05, 4.69) is 10.6 Å². The molecule has 1 atom stereocenters. The van der Waals surface area contributed by atoms with Crippen molar-refractivity contribution in [1.82, 2.24) is 10.6 Å². The van der Waals surface area contributed by atoms with Gasteiger partial charge in [0.2, 0.25) is 11.8 Å². The molecule has 1 aliphatic heterocycles. The number of carboxylic acids is 1.